The van der Waals surface area contributed by atoms with Crippen LogP contribution < -0.4 is 14.4 Å². The predicted molar refractivity (Wildman–Crippen MR) is 172 cm³/mol. The lowest BCUT2D eigenvalue weighted by Crippen LogP contribution is -2.46. The molecule has 232 valence electrons. The summed E-state index contributed by atoms with van der Waals surface area (Å²) < 4.78 is 29.9. The molecule has 2 saturated heterocycles. The minimum absolute atomic E-state index is 0.331. The molecule has 3 aromatic rings. The summed E-state index contributed by atoms with van der Waals surface area (Å²) in [6.45, 7) is 8.09. The fourth-order valence-electron chi connectivity index (χ4n) is 5.10. The van der Waals surface area contributed by atoms with Crippen molar-refractivity contribution in [3.8, 4) is 17.2 Å². The maximum atomic E-state index is 13.1. The van der Waals surface area contributed by atoms with E-state index in [0.29, 0.717) is 34.4 Å². The van der Waals surface area contributed by atoms with Crippen LogP contribution in [0.1, 0.15) is 24.8 Å². The third kappa shape index (κ3) is 8.92. The molecule has 0 saturated carbocycles. The molecule has 3 aromatic carbocycles. The van der Waals surface area contributed by atoms with Crippen LogP contribution in [-0.2, 0) is 9.53 Å². The Labute approximate surface area is 262 Å². The Morgan fingerprint density at radius 2 is 1.34 bits per heavy atom. The molecule has 8 nitrogen and oxygen atoms in total. The first-order valence-corrected chi connectivity index (χ1v) is 15.8. The second-order valence-corrected chi connectivity index (χ2v) is 11.7. The zero-order valence-electron chi connectivity index (χ0n) is 25.0. The number of ether oxygens (including phenoxy) is 3. The van der Waals surface area contributed by atoms with Crippen molar-refractivity contribution in [3.63, 3.8) is 0 Å². The average Bonchev–Trinajstić information content (AvgIpc) is 3.32. The number of imide groups is 1. The Balaban J connectivity index is 1.05. The molecule has 0 spiro atoms. The monoisotopic (exact) mass is 619 g/mol. The van der Waals surface area contributed by atoms with Crippen molar-refractivity contribution in [3.05, 3.63) is 89.1 Å². The molecule has 0 aromatic heterocycles. The zero-order chi connectivity index (χ0) is 30.7. The van der Waals surface area contributed by atoms with Gasteiger partial charge in [-0.25, -0.2) is 9.29 Å². The number of carbonyl (C=O) groups excluding carboxylic acids is 2. The number of halogens is 1. The van der Waals surface area contributed by atoms with Crippen molar-refractivity contribution < 1.29 is 28.2 Å². The molecule has 5 rings (SSSR count). The molecule has 0 bridgehead atoms. The summed E-state index contributed by atoms with van der Waals surface area (Å²) in [5, 5.41) is -0.345. The molecule has 2 amide bonds. The van der Waals surface area contributed by atoms with E-state index in [1.54, 1.807) is 73.8 Å². The van der Waals surface area contributed by atoms with Crippen LogP contribution in [0, 0.1) is 5.82 Å². The van der Waals surface area contributed by atoms with Crippen LogP contribution in [0.25, 0.3) is 6.08 Å². The summed E-state index contributed by atoms with van der Waals surface area (Å²) in [5.41, 5.74) is 1.26. The molecule has 2 heterocycles. The molecule has 0 radical (unpaired) electrons. The molecule has 2 aliphatic rings. The smallest absolute Gasteiger partial charge is 0.298 e. The Bertz CT molecular complexity index is 1410. The number of piperazine rings is 1. The topological polar surface area (TPSA) is 71.6 Å². The summed E-state index contributed by atoms with van der Waals surface area (Å²) in [7, 11) is 1.75. The lowest BCUT2D eigenvalue weighted by atomic mass is 10.2. The van der Waals surface area contributed by atoms with Gasteiger partial charge in [-0.2, -0.15) is 0 Å². The second-order valence-electron chi connectivity index (χ2n) is 10.7. The van der Waals surface area contributed by atoms with Crippen molar-refractivity contribution in [1.29, 1.82) is 0 Å². The van der Waals surface area contributed by atoms with Gasteiger partial charge in [0.1, 0.15) is 23.1 Å². The van der Waals surface area contributed by atoms with Crippen molar-refractivity contribution in [2.24, 2.45) is 0 Å². The van der Waals surface area contributed by atoms with Gasteiger partial charge in [0, 0.05) is 46.4 Å². The lowest BCUT2D eigenvalue weighted by Gasteiger charge is -2.34. The first-order chi connectivity index (χ1) is 21.5. The van der Waals surface area contributed by atoms with Crippen molar-refractivity contribution in [2.75, 3.05) is 64.5 Å². The normalized spacial score (nSPS) is 17.0. The molecule has 10 heteroatoms. The summed E-state index contributed by atoms with van der Waals surface area (Å²) in [6.07, 6.45) is 4.82. The number of benzene rings is 3. The quantitative estimate of drug-likeness (QED) is 0.146. The Hall–Kier alpha value is -3.70. The number of hydrogen-bond donors (Lipinski definition) is 0. The molecule has 2 aliphatic heterocycles. The van der Waals surface area contributed by atoms with E-state index in [9.17, 15) is 14.0 Å². The second kappa shape index (κ2) is 15.9. The van der Waals surface area contributed by atoms with E-state index in [1.165, 1.54) is 17.0 Å². The van der Waals surface area contributed by atoms with Gasteiger partial charge in [0.05, 0.1) is 17.2 Å². The van der Waals surface area contributed by atoms with Crippen LogP contribution in [0.2, 0.25) is 0 Å². The van der Waals surface area contributed by atoms with E-state index in [4.69, 9.17) is 14.2 Å². The highest BCUT2D eigenvalue weighted by atomic mass is 32.2. The molecular formula is C34H38FN3O5S. The Kier molecular flexibility index (Phi) is 11.4. The molecule has 44 heavy (non-hydrogen) atoms. The number of nitrogens with zero attached hydrogens (tertiary/aromatic N) is 3. The predicted octanol–water partition coefficient (Wildman–Crippen LogP) is 6.67. The fraction of sp³-hybridized carbons (Fsp3) is 0.353. The molecule has 0 unspecified atom stereocenters. The summed E-state index contributed by atoms with van der Waals surface area (Å²) >= 11 is 0.908. The number of anilines is 1. The number of carbonyl (C=O) groups is 2. The van der Waals surface area contributed by atoms with Gasteiger partial charge in [-0.15, -0.1) is 0 Å². The van der Waals surface area contributed by atoms with E-state index in [2.05, 4.69) is 9.80 Å². The summed E-state index contributed by atoms with van der Waals surface area (Å²) in [5.74, 6) is 1.11. The minimum Gasteiger partial charge on any atom is -0.494 e. The molecule has 0 N–H and O–H groups in total. The van der Waals surface area contributed by atoms with E-state index in [0.717, 1.165) is 82.5 Å². The number of thioether (sulfide) groups is 1. The standard InChI is InChI=1S/C34H38FN3O5S/c1-41-23-4-18-37-21-19-36(20-22-37)17-2-3-24-42-29-15-9-28(10-16-29)38-33(39)32(44-34(38)40)25-26-5-11-30(12-6-26)43-31-13-7-27(35)8-14-31/h5-16,25H,2-4,17-24H2,1H3/b32-25-. The molecular weight excluding hydrogens is 581 g/mol. The van der Waals surface area contributed by atoms with Crippen LogP contribution >= 0.6 is 11.8 Å². The largest absolute Gasteiger partial charge is 0.494 e. The van der Waals surface area contributed by atoms with E-state index in [1.807, 2.05) is 0 Å². The van der Waals surface area contributed by atoms with Crippen molar-refractivity contribution in [2.45, 2.75) is 19.3 Å². The van der Waals surface area contributed by atoms with Crippen molar-refractivity contribution >= 4 is 34.7 Å². The number of methoxy groups -OCH3 is 1. The van der Waals surface area contributed by atoms with E-state index < -0.39 is 0 Å². The van der Waals surface area contributed by atoms with Gasteiger partial charge in [0.2, 0.25) is 0 Å². The maximum Gasteiger partial charge on any atom is 0.298 e. The van der Waals surface area contributed by atoms with E-state index in [-0.39, 0.29) is 17.0 Å². The van der Waals surface area contributed by atoms with Gasteiger partial charge in [0.15, 0.2) is 0 Å². The highest BCUT2D eigenvalue weighted by Crippen LogP contribution is 2.36. The van der Waals surface area contributed by atoms with E-state index >= 15 is 0 Å². The van der Waals surface area contributed by atoms with Crippen LogP contribution in [0.15, 0.2) is 77.7 Å². The lowest BCUT2D eigenvalue weighted by molar-refractivity contribution is -0.113. The van der Waals surface area contributed by atoms with Gasteiger partial charge in [-0.05, 0) is 110 Å². The third-order valence-electron chi connectivity index (χ3n) is 7.54. The van der Waals surface area contributed by atoms with Gasteiger partial charge >= 0.3 is 0 Å². The van der Waals surface area contributed by atoms with Gasteiger partial charge in [-0.3, -0.25) is 9.59 Å². The fourth-order valence-corrected chi connectivity index (χ4v) is 5.94. The van der Waals surface area contributed by atoms with Crippen LogP contribution in [0.4, 0.5) is 14.9 Å². The zero-order valence-corrected chi connectivity index (χ0v) is 25.8. The third-order valence-corrected chi connectivity index (χ3v) is 8.41. The van der Waals surface area contributed by atoms with Crippen LogP contribution in [0.3, 0.4) is 0 Å². The van der Waals surface area contributed by atoms with Crippen LogP contribution in [0.5, 0.6) is 17.2 Å². The highest BCUT2D eigenvalue weighted by molar-refractivity contribution is 8.19. The average molecular weight is 620 g/mol. The first kappa shape index (κ1) is 31.7. The first-order valence-electron chi connectivity index (χ1n) is 15.0. The number of amides is 2. The highest BCUT2D eigenvalue weighted by Gasteiger charge is 2.36. The minimum atomic E-state index is -0.365. The number of rotatable bonds is 14. The Morgan fingerprint density at radius 3 is 1.98 bits per heavy atom. The Morgan fingerprint density at radius 1 is 0.750 bits per heavy atom. The SMILES string of the molecule is COCCCN1CCN(CCCCOc2ccc(N3C(=O)S/C(=C\c4ccc(Oc5ccc(F)cc5)cc4)C3=O)cc2)CC1. The van der Waals surface area contributed by atoms with Gasteiger partial charge in [-0.1, -0.05) is 12.1 Å². The summed E-state index contributed by atoms with van der Waals surface area (Å²) in [4.78, 5) is 32.4. The number of hydrogen-bond acceptors (Lipinski definition) is 8. The summed E-state index contributed by atoms with van der Waals surface area (Å²) in [6, 6.07) is 19.9. The number of unbranched alkanes of at least 4 members (excludes halogenated alkanes) is 1. The van der Waals surface area contributed by atoms with Gasteiger partial charge < -0.3 is 24.0 Å². The van der Waals surface area contributed by atoms with Crippen molar-refractivity contribution in [1.82, 2.24) is 9.80 Å². The maximum absolute atomic E-state index is 13.1. The molecule has 0 atom stereocenters. The van der Waals surface area contributed by atoms with Crippen LogP contribution in [-0.4, -0.2) is 80.5 Å². The molecule has 0 aliphatic carbocycles. The van der Waals surface area contributed by atoms with Gasteiger partial charge in [0.25, 0.3) is 11.1 Å². The molecule has 2 fully saturated rings.